The Balaban J connectivity index is 1.34. The Kier molecular flexibility index (Phi) is 5.60. The molecule has 1 saturated heterocycles. The van der Waals surface area contributed by atoms with Gasteiger partial charge in [0.05, 0.1) is 11.6 Å². The van der Waals surface area contributed by atoms with E-state index in [9.17, 15) is 14.0 Å². The maximum absolute atomic E-state index is 13.8. The van der Waals surface area contributed by atoms with Gasteiger partial charge in [0, 0.05) is 36.6 Å². The van der Waals surface area contributed by atoms with E-state index < -0.39 is 5.82 Å². The minimum Gasteiger partial charge on any atom is -0.361 e. The summed E-state index contributed by atoms with van der Waals surface area (Å²) in [5.41, 5.74) is 2.37. The Hall–Kier alpha value is -3.15. The first-order chi connectivity index (χ1) is 14.1. The molecule has 0 saturated carbocycles. The van der Waals surface area contributed by atoms with Crippen molar-refractivity contribution in [3.63, 3.8) is 0 Å². The maximum Gasteiger partial charge on any atom is 0.229 e. The number of fused-ring (bicyclic) bond motifs is 1. The zero-order chi connectivity index (χ0) is 20.2. The third-order valence-electron chi connectivity index (χ3n) is 5.56. The second-order valence-electron chi connectivity index (χ2n) is 7.51. The van der Waals surface area contributed by atoms with Crippen molar-refractivity contribution in [2.45, 2.75) is 25.7 Å². The number of benzene rings is 2. The van der Waals surface area contributed by atoms with Crippen molar-refractivity contribution in [2.24, 2.45) is 5.92 Å². The van der Waals surface area contributed by atoms with Crippen molar-refractivity contribution in [1.29, 1.82) is 0 Å². The van der Waals surface area contributed by atoms with E-state index in [2.05, 4.69) is 16.4 Å². The van der Waals surface area contributed by atoms with Crippen molar-refractivity contribution in [1.82, 2.24) is 9.88 Å². The van der Waals surface area contributed by atoms with Crippen LogP contribution in [-0.4, -0.2) is 34.8 Å². The third kappa shape index (κ3) is 4.31. The molecule has 1 fully saturated rings. The van der Waals surface area contributed by atoms with E-state index in [1.807, 2.05) is 24.4 Å². The molecule has 1 unspecified atom stereocenters. The summed E-state index contributed by atoms with van der Waals surface area (Å²) in [6.45, 7) is 1.04. The van der Waals surface area contributed by atoms with Crippen molar-refractivity contribution in [3.8, 4) is 0 Å². The van der Waals surface area contributed by atoms with Crippen molar-refractivity contribution >= 4 is 28.4 Å². The van der Waals surface area contributed by atoms with E-state index in [0.717, 1.165) is 22.9 Å². The molecule has 29 heavy (non-hydrogen) atoms. The molecule has 3 aromatic rings. The Morgan fingerprint density at radius 2 is 1.93 bits per heavy atom. The number of piperidine rings is 1. The van der Waals surface area contributed by atoms with Gasteiger partial charge in [-0.1, -0.05) is 30.3 Å². The van der Waals surface area contributed by atoms with E-state index in [1.54, 1.807) is 23.1 Å². The van der Waals surface area contributed by atoms with Gasteiger partial charge in [0.15, 0.2) is 0 Å². The van der Waals surface area contributed by atoms with Crippen LogP contribution in [0.3, 0.4) is 0 Å². The normalized spacial score (nSPS) is 16.7. The smallest absolute Gasteiger partial charge is 0.229 e. The number of rotatable bonds is 5. The van der Waals surface area contributed by atoms with Gasteiger partial charge in [-0.15, -0.1) is 0 Å². The van der Waals surface area contributed by atoms with Crippen LogP contribution in [0.2, 0.25) is 0 Å². The molecule has 2 heterocycles. The summed E-state index contributed by atoms with van der Waals surface area (Å²) in [7, 11) is 0. The highest BCUT2D eigenvalue weighted by Crippen LogP contribution is 2.22. The quantitative estimate of drug-likeness (QED) is 0.685. The molecule has 2 N–H and O–H groups in total. The van der Waals surface area contributed by atoms with Gasteiger partial charge in [-0.3, -0.25) is 9.59 Å². The van der Waals surface area contributed by atoms with Crippen molar-refractivity contribution in [3.05, 3.63) is 66.1 Å². The van der Waals surface area contributed by atoms with Gasteiger partial charge in [-0.2, -0.15) is 0 Å². The van der Waals surface area contributed by atoms with E-state index in [4.69, 9.17) is 0 Å². The lowest BCUT2D eigenvalue weighted by Gasteiger charge is -2.32. The fourth-order valence-corrected chi connectivity index (χ4v) is 3.95. The molecule has 5 nitrogen and oxygen atoms in total. The highest BCUT2D eigenvalue weighted by Gasteiger charge is 2.28. The van der Waals surface area contributed by atoms with Crippen LogP contribution in [0, 0.1) is 11.7 Å². The second kappa shape index (κ2) is 8.47. The first kappa shape index (κ1) is 19.2. The van der Waals surface area contributed by atoms with E-state index in [-0.39, 0.29) is 23.4 Å². The van der Waals surface area contributed by atoms with Gasteiger partial charge in [-0.25, -0.2) is 4.39 Å². The van der Waals surface area contributed by atoms with Crippen LogP contribution in [0.15, 0.2) is 54.7 Å². The lowest BCUT2D eigenvalue weighted by Crippen LogP contribution is -2.43. The van der Waals surface area contributed by atoms with Gasteiger partial charge in [0.25, 0.3) is 0 Å². The molecule has 1 aliphatic heterocycles. The molecular weight excluding hydrogens is 369 g/mol. The average Bonchev–Trinajstić information content (AvgIpc) is 3.17. The van der Waals surface area contributed by atoms with E-state index >= 15 is 0 Å². The number of carbonyl (C=O) groups excluding carboxylic acids is 2. The summed E-state index contributed by atoms with van der Waals surface area (Å²) in [5, 5.41) is 3.80. The number of H-pyrrole nitrogens is 1. The standard InChI is InChI=1S/C23H24FN3O2/c24-19-8-2-4-10-21(19)26-23(29)17-6-5-13-27(15-17)22(28)12-11-16-14-25-20-9-3-1-7-18(16)20/h1-4,7-10,14,17,25H,5-6,11-13,15H2,(H,26,29). The molecular formula is C23H24FN3O2. The number of halogens is 1. The summed E-state index contributed by atoms with van der Waals surface area (Å²) < 4.78 is 13.8. The molecule has 0 radical (unpaired) electrons. The molecule has 150 valence electrons. The van der Waals surface area contributed by atoms with Crippen LogP contribution < -0.4 is 5.32 Å². The number of carbonyl (C=O) groups is 2. The topological polar surface area (TPSA) is 65.2 Å². The first-order valence-corrected chi connectivity index (χ1v) is 10.00. The van der Waals surface area contributed by atoms with Crippen LogP contribution in [0.1, 0.15) is 24.8 Å². The molecule has 1 aliphatic rings. The minimum absolute atomic E-state index is 0.0543. The Labute approximate surface area is 168 Å². The largest absolute Gasteiger partial charge is 0.361 e. The van der Waals surface area contributed by atoms with Gasteiger partial charge in [0.2, 0.25) is 11.8 Å². The number of likely N-dealkylation sites (tertiary alicyclic amines) is 1. The predicted molar refractivity (Wildman–Crippen MR) is 111 cm³/mol. The van der Waals surface area contributed by atoms with Gasteiger partial charge in [-0.05, 0) is 43.0 Å². The van der Waals surface area contributed by atoms with Crippen LogP contribution in [0.25, 0.3) is 10.9 Å². The number of anilines is 1. The van der Waals surface area contributed by atoms with Gasteiger partial charge in [0.1, 0.15) is 5.82 Å². The molecule has 2 amide bonds. The SMILES string of the molecule is O=C(Nc1ccccc1F)C1CCCN(C(=O)CCc2c[nH]c3ccccc23)C1. The average molecular weight is 393 g/mol. The van der Waals surface area contributed by atoms with Crippen LogP contribution in [0.5, 0.6) is 0 Å². The molecule has 0 aliphatic carbocycles. The zero-order valence-electron chi connectivity index (χ0n) is 16.2. The summed E-state index contributed by atoms with van der Waals surface area (Å²) >= 11 is 0. The number of aromatic nitrogens is 1. The summed E-state index contributed by atoms with van der Waals surface area (Å²) in [4.78, 5) is 30.3. The molecule has 0 spiro atoms. The van der Waals surface area contributed by atoms with Crippen LogP contribution in [0.4, 0.5) is 10.1 Å². The number of aromatic amines is 1. The molecule has 0 bridgehead atoms. The van der Waals surface area contributed by atoms with Gasteiger partial charge < -0.3 is 15.2 Å². The van der Waals surface area contributed by atoms with Crippen LogP contribution >= 0.6 is 0 Å². The van der Waals surface area contributed by atoms with Crippen molar-refractivity contribution in [2.75, 3.05) is 18.4 Å². The Morgan fingerprint density at radius 1 is 1.14 bits per heavy atom. The molecule has 2 aromatic carbocycles. The minimum atomic E-state index is -0.455. The predicted octanol–water partition coefficient (Wildman–Crippen LogP) is 4.12. The lowest BCUT2D eigenvalue weighted by molar-refractivity contribution is -0.134. The number of aryl methyl sites for hydroxylation is 1. The summed E-state index contributed by atoms with van der Waals surface area (Å²) in [6, 6.07) is 14.2. The first-order valence-electron chi connectivity index (χ1n) is 10.00. The highest BCUT2D eigenvalue weighted by atomic mass is 19.1. The summed E-state index contributed by atoms with van der Waals surface area (Å²) in [5.74, 6) is -0.952. The number of para-hydroxylation sites is 2. The van der Waals surface area contributed by atoms with E-state index in [0.29, 0.717) is 32.4 Å². The monoisotopic (exact) mass is 393 g/mol. The number of nitrogens with one attached hydrogen (secondary N) is 2. The third-order valence-corrected chi connectivity index (χ3v) is 5.56. The fraction of sp³-hybridized carbons (Fsp3) is 0.304. The molecule has 1 aromatic heterocycles. The molecule has 6 heteroatoms. The van der Waals surface area contributed by atoms with E-state index in [1.165, 1.54) is 6.07 Å². The zero-order valence-corrected chi connectivity index (χ0v) is 16.2. The highest BCUT2D eigenvalue weighted by molar-refractivity contribution is 5.93. The number of hydrogen-bond acceptors (Lipinski definition) is 2. The Morgan fingerprint density at radius 3 is 2.79 bits per heavy atom. The second-order valence-corrected chi connectivity index (χ2v) is 7.51. The fourth-order valence-electron chi connectivity index (χ4n) is 3.95. The van der Waals surface area contributed by atoms with Gasteiger partial charge >= 0.3 is 0 Å². The molecule has 1 atom stereocenters. The summed E-state index contributed by atoms with van der Waals surface area (Å²) in [6.07, 6.45) is 4.49. The Bertz CT molecular complexity index is 1030. The number of nitrogens with zero attached hydrogens (tertiary/aromatic N) is 1. The van der Waals surface area contributed by atoms with Crippen LogP contribution in [-0.2, 0) is 16.0 Å². The van der Waals surface area contributed by atoms with Crippen molar-refractivity contribution < 1.29 is 14.0 Å². The molecule has 4 rings (SSSR count). The number of amides is 2. The number of hydrogen-bond donors (Lipinski definition) is 2. The maximum atomic E-state index is 13.8. The lowest BCUT2D eigenvalue weighted by atomic mass is 9.96.